The maximum absolute atomic E-state index is 8.69. The number of rotatable bonds is 3. The van der Waals surface area contributed by atoms with Crippen LogP contribution in [0.15, 0.2) is 24.3 Å². The van der Waals surface area contributed by atoms with Crippen molar-refractivity contribution in [3.8, 4) is 6.07 Å². The number of hydrogen-bond acceptors (Lipinski definition) is 1. The SMILES string of the molecule is N#CC(CCl)Cc1cccc(Cl)c1. The van der Waals surface area contributed by atoms with Gasteiger partial charge >= 0.3 is 0 Å². The van der Waals surface area contributed by atoms with Gasteiger partial charge in [0, 0.05) is 10.9 Å². The van der Waals surface area contributed by atoms with E-state index >= 15 is 0 Å². The number of hydrogen-bond donors (Lipinski definition) is 0. The molecule has 0 aliphatic rings. The van der Waals surface area contributed by atoms with Crippen molar-refractivity contribution in [1.29, 1.82) is 5.26 Å². The molecular weight excluding hydrogens is 205 g/mol. The summed E-state index contributed by atoms with van der Waals surface area (Å²) < 4.78 is 0. The molecule has 1 aromatic carbocycles. The summed E-state index contributed by atoms with van der Waals surface area (Å²) in [7, 11) is 0. The molecular formula is C10H9Cl2N. The lowest BCUT2D eigenvalue weighted by atomic mass is 10.0. The van der Waals surface area contributed by atoms with Gasteiger partial charge in [-0.1, -0.05) is 23.7 Å². The van der Waals surface area contributed by atoms with Crippen LogP contribution in [0.25, 0.3) is 0 Å². The Kier molecular flexibility index (Phi) is 4.08. The van der Waals surface area contributed by atoms with Gasteiger partial charge in [0.25, 0.3) is 0 Å². The molecule has 0 saturated heterocycles. The second-order valence-corrected chi connectivity index (χ2v) is 3.56. The Morgan fingerprint density at radius 2 is 2.23 bits per heavy atom. The van der Waals surface area contributed by atoms with Crippen LogP contribution >= 0.6 is 23.2 Å². The lowest BCUT2D eigenvalue weighted by Crippen LogP contribution is -2.02. The van der Waals surface area contributed by atoms with Crippen LogP contribution in [0.2, 0.25) is 5.02 Å². The molecule has 0 saturated carbocycles. The first kappa shape index (κ1) is 10.4. The van der Waals surface area contributed by atoms with E-state index in [1.807, 2.05) is 24.3 Å². The van der Waals surface area contributed by atoms with Crippen LogP contribution in [0, 0.1) is 17.2 Å². The maximum atomic E-state index is 8.69. The van der Waals surface area contributed by atoms with Crippen LogP contribution in [-0.4, -0.2) is 5.88 Å². The zero-order chi connectivity index (χ0) is 9.68. The monoisotopic (exact) mass is 213 g/mol. The van der Waals surface area contributed by atoms with Crippen LogP contribution in [0.5, 0.6) is 0 Å². The van der Waals surface area contributed by atoms with Gasteiger partial charge in [0.1, 0.15) is 0 Å². The van der Waals surface area contributed by atoms with Gasteiger partial charge in [-0.25, -0.2) is 0 Å². The van der Waals surface area contributed by atoms with Gasteiger partial charge in [-0.05, 0) is 24.1 Å². The van der Waals surface area contributed by atoms with Gasteiger partial charge in [0.2, 0.25) is 0 Å². The average Bonchev–Trinajstić information content (AvgIpc) is 2.14. The summed E-state index contributed by atoms with van der Waals surface area (Å²) in [6.07, 6.45) is 0.667. The van der Waals surface area contributed by atoms with Gasteiger partial charge in [0.15, 0.2) is 0 Å². The highest BCUT2D eigenvalue weighted by Gasteiger charge is 2.06. The Balaban J connectivity index is 2.69. The second kappa shape index (κ2) is 5.11. The van der Waals surface area contributed by atoms with E-state index in [2.05, 4.69) is 6.07 Å². The number of halogens is 2. The molecule has 1 unspecified atom stereocenters. The molecule has 0 spiro atoms. The van der Waals surface area contributed by atoms with Gasteiger partial charge in [0.05, 0.1) is 12.0 Å². The standard InChI is InChI=1S/C10H9Cl2N/c11-6-9(7-13)4-8-2-1-3-10(12)5-8/h1-3,5,9H,4,6H2. The van der Waals surface area contributed by atoms with Gasteiger partial charge in [-0.15, -0.1) is 11.6 Å². The average molecular weight is 214 g/mol. The Hall–Kier alpha value is -0.710. The lowest BCUT2D eigenvalue weighted by Gasteiger charge is -2.04. The van der Waals surface area contributed by atoms with E-state index in [0.29, 0.717) is 17.3 Å². The minimum Gasteiger partial charge on any atom is -0.198 e. The van der Waals surface area contributed by atoms with Crippen LogP contribution < -0.4 is 0 Å². The van der Waals surface area contributed by atoms with E-state index in [0.717, 1.165) is 5.56 Å². The highest BCUT2D eigenvalue weighted by atomic mass is 35.5. The summed E-state index contributed by atoms with van der Waals surface area (Å²) in [5, 5.41) is 9.39. The molecule has 0 bridgehead atoms. The van der Waals surface area contributed by atoms with E-state index in [9.17, 15) is 0 Å². The fourth-order valence-corrected chi connectivity index (χ4v) is 1.47. The summed E-state index contributed by atoms with van der Waals surface area (Å²) in [6.45, 7) is 0. The second-order valence-electron chi connectivity index (χ2n) is 2.81. The van der Waals surface area contributed by atoms with Gasteiger partial charge < -0.3 is 0 Å². The van der Waals surface area contributed by atoms with Crippen molar-refractivity contribution in [2.45, 2.75) is 6.42 Å². The van der Waals surface area contributed by atoms with E-state index < -0.39 is 0 Å². The first-order chi connectivity index (χ1) is 6.26. The molecule has 68 valence electrons. The van der Waals surface area contributed by atoms with Crippen molar-refractivity contribution < 1.29 is 0 Å². The summed E-state index contributed by atoms with van der Waals surface area (Å²) >= 11 is 11.4. The molecule has 1 nitrogen and oxygen atoms in total. The van der Waals surface area contributed by atoms with E-state index in [1.165, 1.54) is 0 Å². The quantitative estimate of drug-likeness (QED) is 0.708. The molecule has 1 rings (SSSR count). The molecule has 0 aliphatic heterocycles. The van der Waals surface area contributed by atoms with Crippen molar-refractivity contribution in [2.75, 3.05) is 5.88 Å². The summed E-state index contributed by atoms with van der Waals surface area (Å²) in [6, 6.07) is 9.64. The predicted molar refractivity (Wildman–Crippen MR) is 55.0 cm³/mol. The van der Waals surface area contributed by atoms with Crippen molar-refractivity contribution in [3.63, 3.8) is 0 Å². The van der Waals surface area contributed by atoms with Gasteiger partial charge in [-0.2, -0.15) is 5.26 Å². The van der Waals surface area contributed by atoms with E-state index in [-0.39, 0.29) is 5.92 Å². The molecule has 0 fully saturated rings. The Morgan fingerprint density at radius 3 is 2.77 bits per heavy atom. The molecule has 0 amide bonds. The molecule has 0 aliphatic carbocycles. The predicted octanol–water partition coefficient (Wildman–Crippen LogP) is 3.26. The highest BCUT2D eigenvalue weighted by Crippen LogP contribution is 2.14. The number of nitrogens with zero attached hydrogens (tertiary/aromatic N) is 1. The molecule has 0 radical (unpaired) electrons. The fourth-order valence-electron chi connectivity index (χ4n) is 1.08. The van der Waals surface area contributed by atoms with Crippen LogP contribution in [0.3, 0.4) is 0 Å². The summed E-state index contributed by atoms with van der Waals surface area (Å²) in [5.74, 6) is 0.239. The minimum absolute atomic E-state index is 0.125. The first-order valence-electron chi connectivity index (χ1n) is 3.96. The van der Waals surface area contributed by atoms with E-state index in [4.69, 9.17) is 28.5 Å². The topological polar surface area (TPSA) is 23.8 Å². The third kappa shape index (κ3) is 3.26. The molecule has 0 N–H and O–H groups in total. The third-order valence-electron chi connectivity index (χ3n) is 1.74. The zero-order valence-corrected chi connectivity index (χ0v) is 8.52. The van der Waals surface area contributed by atoms with Crippen LogP contribution in [-0.2, 0) is 6.42 Å². The lowest BCUT2D eigenvalue weighted by molar-refractivity contribution is 0.746. The molecule has 1 atom stereocenters. The van der Waals surface area contributed by atoms with Crippen LogP contribution in [0.4, 0.5) is 0 Å². The third-order valence-corrected chi connectivity index (χ3v) is 2.35. The van der Waals surface area contributed by atoms with Crippen LogP contribution in [0.1, 0.15) is 5.56 Å². The number of alkyl halides is 1. The van der Waals surface area contributed by atoms with Crippen molar-refractivity contribution in [3.05, 3.63) is 34.9 Å². The van der Waals surface area contributed by atoms with E-state index in [1.54, 1.807) is 0 Å². The largest absolute Gasteiger partial charge is 0.198 e. The minimum atomic E-state index is -0.125. The summed E-state index contributed by atoms with van der Waals surface area (Å²) in [4.78, 5) is 0. The molecule has 3 heteroatoms. The highest BCUT2D eigenvalue weighted by molar-refractivity contribution is 6.30. The molecule has 0 heterocycles. The van der Waals surface area contributed by atoms with Crippen molar-refractivity contribution >= 4 is 23.2 Å². The Labute approximate surface area is 87.9 Å². The normalized spacial score (nSPS) is 12.1. The number of nitriles is 1. The number of benzene rings is 1. The maximum Gasteiger partial charge on any atom is 0.0671 e. The van der Waals surface area contributed by atoms with Crippen molar-refractivity contribution in [2.24, 2.45) is 5.92 Å². The Bertz CT molecular complexity index is 317. The molecule has 0 aromatic heterocycles. The first-order valence-corrected chi connectivity index (χ1v) is 4.87. The molecule has 13 heavy (non-hydrogen) atoms. The fraction of sp³-hybridized carbons (Fsp3) is 0.300. The zero-order valence-electron chi connectivity index (χ0n) is 7.00. The van der Waals surface area contributed by atoms with Gasteiger partial charge in [-0.3, -0.25) is 0 Å². The van der Waals surface area contributed by atoms with Crippen molar-refractivity contribution in [1.82, 2.24) is 0 Å². The summed E-state index contributed by atoms with van der Waals surface area (Å²) in [5.41, 5.74) is 1.06. The molecule has 1 aromatic rings. The Morgan fingerprint density at radius 1 is 1.46 bits per heavy atom. The smallest absolute Gasteiger partial charge is 0.0671 e.